The monoisotopic (exact) mass is 721 g/mol. The average molecular weight is 722 g/mol. The minimum Gasteiger partial charge on any atom is -0.464 e. The number of anilines is 1. The van der Waals surface area contributed by atoms with Crippen molar-refractivity contribution in [3.8, 4) is 0 Å². The van der Waals surface area contributed by atoms with Gasteiger partial charge >= 0.3 is 0 Å². The van der Waals surface area contributed by atoms with Crippen molar-refractivity contribution in [1.29, 1.82) is 0 Å². The van der Waals surface area contributed by atoms with Crippen molar-refractivity contribution in [3.63, 3.8) is 0 Å². The van der Waals surface area contributed by atoms with Crippen molar-refractivity contribution < 1.29 is 34.9 Å². The number of hydrogen-bond donors (Lipinski definition) is 2. The van der Waals surface area contributed by atoms with Gasteiger partial charge < -0.3 is 9.32 Å². The number of thioether (sulfide) groups is 1. The molecule has 2 aromatic heterocycles. The maximum absolute atomic E-state index is 11.7. The Morgan fingerprint density at radius 3 is 2.40 bits per heavy atom. The molecule has 0 aliphatic carbocycles. The first-order valence-corrected chi connectivity index (χ1v) is 20.4. The van der Waals surface area contributed by atoms with Gasteiger partial charge in [-0.15, -0.1) is 0 Å². The van der Waals surface area contributed by atoms with Crippen LogP contribution in [0.5, 0.6) is 0 Å². The lowest BCUT2D eigenvalue weighted by Crippen LogP contribution is -2.36. The van der Waals surface area contributed by atoms with E-state index in [9.17, 15) is 25.9 Å². The van der Waals surface area contributed by atoms with Crippen molar-refractivity contribution >= 4 is 97.8 Å². The molecule has 9 nitrogen and oxygen atoms in total. The molecular formula is C35H33N2O7S4+. The third-order valence-electron chi connectivity index (χ3n) is 8.49. The Morgan fingerprint density at radius 1 is 0.896 bits per heavy atom. The molecular weight excluding hydrogens is 689 g/mol. The summed E-state index contributed by atoms with van der Waals surface area (Å²) >= 11 is 3.23. The van der Waals surface area contributed by atoms with E-state index in [0.717, 1.165) is 68.9 Å². The van der Waals surface area contributed by atoms with E-state index in [0.29, 0.717) is 19.5 Å². The largest absolute Gasteiger partial charge is 0.464 e. The molecule has 13 heteroatoms. The van der Waals surface area contributed by atoms with Crippen LogP contribution in [-0.4, -0.2) is 44.0 Å². The first-order valence-electron chi connectivity index (χ1n) is 15.5. The molecule has 48 heavy (non-hydrogen) atoms. The summed E-state index contributed by atoms with van der Waals surface area (Å²) in [5.41, 5.74) is 3.73. The van der Waals surface area contributed by atoms with Gasteiger partial charge in [0, 0.05) is 29.3 Å². The Bertz CT molecular complexity index is 2500. The Hall–Kier alpha value is -3.72. The van der Waals surface area contributed by atoms with Gasteiger partial charge in [-0.2, -0.15) is 21.4 Å². The summed E-state index contributed by atoms with van der Waals surface area (Å²) in [6, 6.07) is 22.6. The van der Waals surface area contributed by atoms with E-state index in [1.54, 1.807) is 29.4 Å². The van der Waals surface area contributed by atoms with E-state index in [-0.39, 0.29) is 24.3 Å². The first-order chi connectivity index (χ1) is 23.0. The fourth-order valence-corrected chi connectivity index (χ4v) is 9.65. The maximum atomic E-state index is 11.7. The molecule has 0 bridgehead atoms. The lowest BCUT2D eigenvalue weighted by Gasteiger charge is -2.21. The molecule has 3 heterocycles. The van der Waals surface area contributed by atoms with E-state index in [1.165, 1.54) is 0 Å². The van der Waals surface area contributed by atoms with Gasteiger partial charge in [0.25, 0.3) is 25.2 Å². The number of thiazole rings is 1. The molecule has 0 saturated heterocycles. The molecule has 0 spiro atoms. The number of benzene rings is 4. The molecule has 4 aromatic carbocycles. The summed E-state index contributed by atoms with van der Waals surface area (Å²) < 4.78 is 74.3. The Kier molecular flexibility index (Phi) is 8.85. The highest BCUT2D eigenvalue weighted by atomic mass is 32.2. The highest BCUT2D eigenvalue weighted by Crippen LogP contribution is 2.50. The summed E-state index contributed by atoms with van der Waals surface area (Å²) in [6.07, 6.45) is 7.07. The zero-order valence-electron chi connectivity index (χ0n) is 26.0. The van der Waals surface area contributed by atoms with Crippen LogP contribution in [0.3, 0.4) is 0 Å². The van der Waals surface area contributed by atoms with Gasteiger partial charge in [-0.25, -0.2) is 0 Å². The lowest BCUT2D eigenvalue weighted by atomic mass is 10.0. The highest BCUT2D eigenvalue weighted by Gasteiger charge is 2.29. The van der Waals surface area contributed by atoms with Crippen molar-refractivity contribution in [2.75, 3.05) is 23.0 Å². The lowest BCUT2D eigenvalue weighted by molar-refractivity contribution is -0.667. The fraction of sp³-hybridized carbons (Fsp3) is 0.229. The summed E-state index contributed by atoms with van der Waals surface area (Å²) in [6.45, 7) is 2.85. The topological polar surface area (TPSA) is 129 Å². The second kappa shape index (κ2) is 13.0. The summed E-state index contributed by atoms with van der Waals surface area (Å²) in [4.78, 5) is 3.12. The molecule has 0 radical (unpaired) electrons. The normalized spacial score (nSPS) is 15.1. The van der Waals surface area contributed by atoms with Crippen molar-refractivity contribution in [1.82, 2.24) is 0 Å². The van der Waals surface area contributed by atoms with Gasteiger partial charge in [0.2, 0.25) is 5.52 Å². The van der Waals surface area contributed by atoms with Gasteiger partial charge in [-0.3, -0.25) is 9.11 Å². The molecule has 0 saturated carbocycles. The molecule has 0 atom stereocenters. The molecule has 248 valence electrons. The standard InChI is InChI=1S/C35H32N2O7S4/c1-2-23(19-32-36(14-5-17-47(38,39)40)34-27-13-16-44-29(27)10-12-31(34)46-32)20-33-37(15-6-18-48(41,42)43)35-28-22-25-8-4-3-7-24(25)21-26(28)9-11-30(35)45-33/h3-4,7-13,16,19-22H,2,5-6,14-15,17-18H2,1H3,(H-,38,39,40,41,42,43)/p+1. The van der Waals surface area contributed by atoms with E-state index < -0.39 is 20.2 Å². The number of fused-ring (bicyclic) bond motifs is 7. The zero-order valence-corrected chi connectivity index (χ0v) is 29.3. The number of nitrogens with zero attached hydrogens (tertiary/aromatic N) is 2. The molecule has 2 N–H and O–H groups in total. The van der Waals surface area contributed by atoms with E-state index in [1.807, 2.05) is 30.3 Å². The quantitative estimate of drug-likeness (QED) is 0.0776. The highest BCUT2D eigenvalue weighted by molar-refractivity contribution is 8.03. The average Bonchev–Trinajstić information content (AvgIpc) is 3.74. The van der Waals surface area contributed by atoms with Crippen LogP contribution >= 0.6 is 23.1 Å². The number of furan rings is 1. The van der Waals surface area contributed by atoms with Gasteiger partial charge in [0.05, 0.1) is 33.9 Å². The number of aryl methyl sites for hydroxylation is 1. The van der Waals surface area contributed by atoms with E-state index >= 15 is 0 Å². The Labute approximate surface area is 286 Å². The van der Waals surface area contributed by atoms with Gasteiger partial charge in [0.15, 0.2) is 6.54 Å². The van der Waals surface area contributed by atoms with Crippen molar-refractivity contribution in [2.45, 2.75) is 37.6 Å². The van der Waals surface area contributed by atoms with Gasteiger partial charge in [0.1, 0.15) is 10.3 Å². The fourth-order valence-electron chi connectivity index (χ4n) is 6.30. The van der Waals surface area contributed by atoms with E-state index in [4.69, 9.17) is 4.42 Å². The number of hydrogen-bond acceptors (Lipinski definition) is 8. The second-order valence-corrected chi connectivity index (χ2v) is 17.0. The summed E-state index contributed by atoms with van der Waals surface area (Å²) in [5, 5.41) is 7.22. The van der Waals surface area contributed by atoms with Crippen LogP contribution in [0, 0.1) is 0 Å². The zero-order chi connectivity index (χ0) is 33.6. The summed E-state index contributed by atoms with van der Waals surface area (Å²) in [5.74, 6) is -0.683. The molecule has 0 amide bonds. The number of rotatable bonds is 11. The van der Waals surface area contributed by atoms with Crippen LogP contribution in [0.15, 0.2) is 99.0 Å². The van der Waals surface area contributed by atoms with Crippen LogP contribution in [-0.2, 0) is 26.8 Å². The van der Waals surface area contributed by atoms with Crippen molar-refractivity contribution in [3.05, 3.63) is 94.7 Å². The molecule has 7 rings (SSSR count). The second-order valence-electron chi connectivity index (χ2n) is 11.8. The predicted molar refractivity (Wildman–Crippen MR) is 195 cm³/mol. The number of allylic oxidation sites excluding steroid dienone is 2. The minimum atomic E-state index is -4.12. The smallest absolute Gasteiger partial charge is 0.265 e. The SMILES string of the molecule is CCC(/C=C1\Sc2ccc3occc3c2N1CCCS(=O)(=O)O)=C\c1sc2ccc3cc4ccccc4cc3c2[n+]1CCCS(=O)(=O)O. The van der Waals surface area contributed by atoms with E-state index in [2.05, 4.69) is 64.9 Å². The summed E-state index contributed by atoms with van der Waals surface area (Å²) in [7, 11) is -8.23. The van der Waals surface area contributed by atoms with Gasteiger partial charge in [-0.05, 0) is 77.0 Å². The predicted octanol–water partition coefficient (Wildman–Crippen LogP) is 8.04. The van der Waals surface area contributed by atoms with Crippen LogP contribution in [0.2, 0.25) is 0 Å². The Balaban J connectivity index is 1.34. The molecule has 0 fully saturated rings. The van der Waals surface area contributed by atoms with Crippen LogP contribution in [0.1, 0.15) is 31.2 Å². The van der Waals surface area contributed by atoms with Gasteiger partial charge in [-0.1, -0.05) is 60.4 Å². The first kappa shape index (κ1) is 32.8. The number of aromatic nitrogens is 1. The maximum Gasteiger partial charge on any atom is 0.265 e. The minimum absolute atomic E-state index is 0.238. The van der Waals surface area contributed by atoms with Crippen molar-refractivity contribution in [2.24, 2.45) is 0 Å². The third-order valence-corrected chi connectivity index (χ3v) is 12.3. The van der Waals surface area contributed by atoms with Crippen LogP contribution < -0.4 is 9.47 Å². The van der Waals surface area contributed by atoms with Crippen LogP contribution in [0.25, 0.3) is 48.8 Å². The van der Waals surface area contributed by atoms with Crippen LogP contribution in [0.4, 0.5) is 5.69 Å². The molecule has 0 unspecified atom stereocenters. The Morgan fingerprint density at radius 2 is 1.65 bits per heavy atom. The molecule has 1 aliphatic rings. The third kappa shape index (κ3) is 6.75. The molecule has 1 aliphatic heterocycles. The molecule has 6 aromatic rings.